The topological polar surface area (TPSA) is 79.9 Å². The van der Waals surface area contributed by atoms with E-state index in [-0.39, 0.29) is 17.3 Å². The summed E-state index contributed by atoms with van der Waals surface area (Å²) < 4.78 is 5.46. The molecule has 16 heavy (non-hydrogen) atoms. The number of aromatic amines is 1. The van der Waals surface area contributed by atoms with Crippen molar-refractivity contribution in [1.29, 1.82) is 0 Å². The van der Waals surface area contributed by atoms with Crippen LogP contribution in [0.5, 0.6) is 0 Å². The Kier molecular flexibility index (Phi) is 4.00. The van der Waals surface area contributed by atoms with Crippen LogP contribution in [-0.4, -0.2) is 39.8 Å². The zero-order chi connectivity index (χ0) is 12.2. The van der Waals surface area contributed by atoms with Crippen LogP contribution in [0, 0.1) is 6.92 Å². The van der Waals surface area contributed by atoms with E-state index in [1.165, 1.54) is 0 Å². The lowest BCUT2D eigenvalue weighted by atomic mass is 10.1. The summed E-state index contributed by atoms with van der Waals surface area (Å²) in [6.45, 7) is 8.53. The first-order valence-corrected chi connectivity index (χ1v) is 5.26. The summed E-state index contributed by atoms with van der Waals surface area (Å²) in [6, 6.07) is 0. The fraction of sp³-hybridized carbons (Fsp3) is 0.700. The number of nitrogens with one attached hydrogen (secondary N) is 2. The van der Waals surface area contributed by atoms with Gasteiger partial charge < -0.3 is 10.1 Å². The molecule has 1 aromatic rings. The molecule has 0 aliphatic carbocycles. The van der Waals surface area contributed by atoms with E-state index in [4.69, 9.17) is 4.74 Å². The highest BCUT2D eigenvalue weighted by Crippen LogP contribution is 2.06. The van der Waals surface area contributed by atoms with Gasteiger partial charge in [-0.15, -0.1) is 5.10 Å². The van der Waals surface area contributed by atoms with Crippen molar-refractivity contribution >= 4 is 5.91 Å². The highest BCUT2D eigenvalue weighted by atomic mass is 16.5. The molecule has 0 saturated carbocycles. The molecular formula is C10H18N4O2. The normalized spacial score (nSPS) is 11.5. The molecule has 2 N–H and O–H groups in total. The smallest absolute Gasteiger partial charge is 0.291 e. The van der Waals surface area contributed by atoms with Gasteiger partial charge in [0.15, 0.2) is 0 Å². The van der Waals surface area contributed by atoms with E-state index in [2.05, 4.69) is 20.5 Å². The van der Waals surface area contributed by atoms with Crippen LogP contribution in [0.25, 0.3) is 0 Å². The number of rotatable bonds is 5. The van der Waals surface area contributed by atoms with Crippen molar-refractivity contribution in [3.8, 4) is 0 Å². The van der Waals surface area contributed by atoms with Crippen LogP contribution in [0.2, 0.25) is 0 Å². The minimum atomic E-state index is -0.379. The van der Waals surface area contributed by atoms with Gasteiger partial charge in [0.25, 0.3) is 5.91 Å². The maximum absolute atomic E-state index is 11.6. The highest BCUT2D eigenvalue weighted by molar-refractivity contribution is 5.90. The molecule has 0 radical (unpaired) electrons. The molecular weight excluding hydrogens is 208 g/mol. The van der Waals surface area contributed by atoms with Crippen molar-refractivity contribution in [2.45, 2.75) is 33.3 Å². The van der Waals surface area contributed by atoms with Crippen LogP contribution >= 0.6 is 0 Å². The summed E-state index contributed by atoms with van der Waals surface area (Å²) in [5, 5.41) is 9.12. The highest BCUT2D eigenvalue weighted by Gasteiger charge is 2.20. The average molecular weight is 226 g/mol. The Balaban J connectivity index is 2.47. The minimum Gasteiger partial charge on any atom is -0.374 e. The number of carbonyl (C=O) groups is 1. The van der Waals surface area contributed by atoms with E-state index >= 15 is 0 Å². The van der Waals surface area contributed by atoms with Gasteiger partial charge in [0.1, 0.15) is 5.82 Å². The zero-order valence-electron chi connectivity index (χ0n) is 10.1. The van der Waals surface area contributed by atoms with Gasteiger partial charge in [0.2, 0.25) is 5.82 Å². The molecule has 1 aromatic heterocycles. The second-order valence-electron chi connectivity index (χ2n) is 4.12. The Morgan fingerprint density at radius 1 is 1.56 bits per heavy atom. The number of hydrogen-bond donors (Lipinski definition) is 2. The van der Waals surface area contributed by atoms with E-state index in [9.17, 15) is 4.79 Å². The van der Waals surface area contributed by atoms with Gasteiger partial charge in [-0.25, -0.2) is 4.98 Å². The third-order valence-electron chi connectivity index (χ3n) is 2.01. The number of nitrogens with zero attached hydrogens (tertiary/aromatic N) is 2. The SMILES string of the molecule is CCOC(C)(C)CNC(=O)c1n[nH]c(C)n1. The third kappa shape index (κ3) is 3.62. The van der Waals surface area contributed by atoms with Gasteiger partial charge in [-0.3, -0.25) is 9.89 Å². The molecule has 1 heterocycles. The van der Waals surface area contributed by atoms with Crippen LogP contribution in [0.3, 0.4) is 0 Å². The number of H-pyrrole nitrogens is 1. The monoisotopic (exact) mass is 226 g/mol. The number of carbonyl (C=O) groups excluding carboxylic acids is 1. The van der Waals surface area contributed by atoms with Gasteiger partial charge in [-0.2, -0.15) is 0 Å². The van der Waals surface area contributed by atoms with Crippen LogP contribution < -0.4 is 5.32 Å². The van der Waals surface area contributed by atoms with Crippen molar-refractivity contribution in [3.05, 3.63) is 11.6 Å². The Morgan fingerprint density at radius 3 is 2.75 bits per heavy atom. The largest absolute Gasteiger partial charge is 0.374 e. The molecule has 0 atom stereocenters. The molecule has 0 spiro atoms. The third-order valence-corrected chi connectivity index (χ3v) is 2.01. The molecule has 90 valence electrons. The zero-order valence-corrected chi connectivity index (χ0v) is 10.1. The number of aromatic nitrogens is 3. The van der Waals surface area contributed by atoms with Crippen LogP contribution in [0.1, 0.15) is 37.2 Å². The van der Waals surface area contributed by atoms with Crippen molar-refractivity contribution in [2.75, 3.05) is 13.2 Å². The van der Waals surface area contributed by atoms with Gasteiger partial charge >= 0.3 is 0 Å². The molecule has 0 saturated heterocycles. The molecule has 0 aromatic carbocycles. The van der Waals surface area contributed by atoms with E-state index in [1.807, 2.05) is 20.8 Å². The molecule has 0 unspecified atom stereocenters. The fourth-order valence-electron chi connectivity index (χ4n) is 1.26. The van der Waals surface area contributed by atoms with Crippen LogP contribution in [0.4, 0.5) is 0 Å². The van der Waals surface area contributed by atoms with Crippen LogP contribution in [0.15, 0.2) is 0 Å². The molecule has 0 aliphatic heterocycles. The first-order valence-electron chi connectivity index (χ1n) is 5.26. The van der Waals surface area contributed by atoms with Crippen molar-refractivity contribution in [2.24, 2.45) is 0 Å². The molecule has 6 heteroatoms. The second kappa shape index (κ2) is 5.07. The lowest BCUT2D eigenvalue weighted by Gasteiger charge is -2.24. The first kappa shape index (κ1) is 12.6. The van der Waals surface area contributed by atoms with Crippen molar-refractivity contribution in [1.82, 2.24) is 20.5 Å². The summed E-state index contributed by atoms with van der Waals surface area (Å²) in [6.07, 6.45) is 0. The van der Waals surface area contributed by atoms with E-state index in [0.29, 0.717) is 19.0 Å². The van der Waals surface area contributed by atoms with Crippen molar-refractivity contribution < 1.29 is 9.53 Å². The van der Waals surface area contributed by atoms with Crippen molar-refractivity contribution in [3.63, 3.8) is 0 Å². The minimum absolute atomic E-state index is 0.157. The molecule has 0 aliphatic rings. The Labute approximate surface area is 94.8 Å². The number of hydrogen-bond acceptors (Lipinski definition) is 4. The van der Waals surface area contributed by atoms with Crippen LogP contribution in [-0.2, 0) is 4.74 Å². The van der Waals surface area contributed by atoms with Gasteiger partial charge in [-0.1, -0.05) is 0 Å². The first-order chi connectivity index (χ1) is 7.44. The van der Waals surface area contributed by atoms with E-state index in [0.717, 1.165) is 0 Å². The Bertz CT molecular complexity index is 359. The number of aryl methyl sites for hydroxylation is 1. The molecule has 1 rings (SSSR count). The Morgan fingerprint density at radius 2 is 2.25 bits per heavy atom. The maximum Gasteiger partial charge on any atom is 0.291 e. The van der Waals surface area contributed by atoms with Gasteiger partial charge in [0, 0.05) is 13.2 Å². The lowest BCUT2D eigenvalue weighted by molar-refractivity contribution is -0.00821. The molecule has 0 fully saturated rings. The summed E-state index contributed by atoms with van der Waals surface area (Å²) >= 11 is 0. The van der Waals surface area contributed by atoms with E-state index in [1.54, 1.807) is 6.92 Å². The summed E-state index contributed by atoms with van der Waals surface area (Å²) in [5.41, 5.74) is -0.379. The molecule has 1 amide bonds. The maximum atomic E-state index is 11.6. The summed E-state index contributed by atoms with van der Waals surface area (Å²) in [7, 11) is 0. The van der Waals surface area contributed by atoms with Gasteiger partial charge in [-0.05, 0) is 27.7 Å². The predicted molar refractivity (Wildman–Crippen MR) is 59.2 cm³/mol. The Hall–Kier alpha value is -1.43. The average Bonchev–Trinajstić information content (AvgIpc) is 2.61. The second-order valence-corrected chi connectivity index (χ2v) is 4.12. The number of ether oxygens (including phenoxy) is 1. The standard InChI is InChI=1S/C10H18N4O2/c1-5-16-10(3,4)6-11-9(15)8-12-7(2)13-14-8/h5-6H2,1-4H3,(H,11,15)(H,12,13,14). The molecule has 6 nitrogen and oxygen atoms in total. The van der Waals surface area contributed by atoms with Gasteiger partial charge in [0.05, 0.1) is 5.60 Å². The lowest BCUT2D eigenvalue weighted by Crippen LogP contribution is -2.40. The molecule has 0 bridgehead atoms. The fourth-order valence-corrected chi connectivity index (χ4v) is 1.26. The summed E-state index contributed by atoms with van der Waals surface area (Å²) in [4.78, 5) is 15.5. The number of amides is 1. The summed E-state index contributed by atoms with van der Waals surface area (Å²) in [5.74, 6) is 0.483. The van der Waals surface area contributed by atoms with E-state index < -0.39 is 0 Å². The quantitative estimate of drug-likeness (QED) is 0.772. The predicted octanol–water partition coefficient (Wildman–Crippen LogP) is 0.658.